The van der Waals surface area contributed by atoms with Gasteiger partial charge in [0.15, 0.2) is 5.65 Å². The molecular weight excluding hydrogens is 290 g/mol. The Balaban J connectivity index is 2.02. The monoisotopic (exact) mass is 315 g/mol. The zero-order valence-corrected chi connectivity index (χ0v) is 14.5. The minimum Gasteiger partial charge on any atom is -0.328 e. The molecule has 0 spiro atoms. The first-order valence-corrected chi connectivity index (χ1v) is 8.03. The van der Waals surface area contributed by atoms with Crippen LogP contribution < -0.4 is 5.73 Å². The van der Waals surface area contributed by atoms with Crippen LogP contribution in [0.25, 0.3) is 5.65 Å². The highest BCUT2D eigenvalue weighted by Crippen LogP contribution is 2.38. The molecule has 6 nitrogen and oxygen atoms in total. The summed E-state index contributed by atoms with van der Waals surface area (Å²) in [4.78, 5) is 15.2. The van der Waals surface area contributed by atoms with E-state index < -0.39 is 0 Å². The number of amides is 1. The number of hydrogen-bond acceptors (Lipinski definition) is 4. The van der Waals surface area contributed by atoms with Crippen molar-refractivity contribution in [2.75, 3.05) is 0 Å². The SMILES string of the molecule is Cc1nnc2cc(C(=O)N3C(C)(C)CC(N)CC3(C)C)ccn12. The Kier molecular flexibility index (Phi) is 3.48. The molecule has 1 aliphatic rings. The zero-order chi connectivity index (χ0) is 17.0. The van der Waals surface area contributed by atoms with Gasteiger partial charge in [-0.2, -0.15) is 0 Å². The van der Waals surface area contributed by atoms with Gasteiger partial charge in [-0.25, -0.2) is 0 Å². The molecule has 1 aliphatic heterocycles. The number of fused-ring (bicyclic) bond motifs is 1. The van der Waals surface area contributed by atoms with Crippen molar-refractivity contribution >= 4 is 11.6 Å². The maximum absolute atomic E-state index is 13.2. The van der Waals surface area contributed by atoms with E-state index in [0.717, 1.165) is 18.7 Å². The van der Waals surface area contributed by atoms with Crippen LogP contribution in [0.4, 0.5) is 0 Å². The van der Waals surface area contributed by atoms with Crippen molar-refractivity contribution in [3.63, 3.8) is 0 Å². The standard InChI is InChI=1S/C17H25N5O/c1-11-19-20-14-8-12(6-7-21(11)14)15(23)22-16(2,3)9-13(18)10-17(22,4)5/h6-8,13H,9-10,18H2,1-5H3. The summed E-state index contributed by atoms with van der Waals surface area (Å²) in [6.07, 6.45) is 3.45. The molecule has 1 fully saturated rings. The van der Waals surface area contributed by atoms with E-state index in [4.69, 9.17) is 5.73 Å². The third-order valence-corrected chi connectivity index (χ3v) is 4.76. The van der Waals surface area contributed by atoms with E-state index in [-0.39, 0.29) is 23.0 Å². The molecule has 124 valence electrons. The summed E-state index contributed by atoms with van der Waals surface area (Å²) in [5, 5.41) is 8.16. The number of aromatic nitrogens is 3. The largest absolute Gasteiger partial charge is 0.328 e. The second-order valence-electron chi connectivity index (χ2n) is 7.82. The molecule has 23 heavy (non-hydrogen) atoms. The van der Waals surface area contributed by atoms with Gasteiger partial charge < -0.3 is 10.6 Å². The molecule has 1 amide bonds. The van der Waals surface area contributed by atoms with Gasteiger partial charge in [-0.1, -0.05) is 0 Å². The highest BCUT2D eigenvalue weighted by molar-refractivity contribution is 5.96. The molecule has 2 aromatic rings. The molecule has 0 aliphatic carbocycles. The number of carbonyl (C=O) groups is 1. The van der Waals surface area contributed by atoms with E-state index >= 15 is 0 Å². The van der Waals surface area contributed by atoms with E-state index in [1.165, 1.54) is 0 Å². The maximum atomic E-state index is 13.2. The third kappa shape index (κ3) is 2.61. The molecule has 0 radical (unpaired) electrons. The summed E-state index contributed by atoms with van der Waals surface area (Å²) in [7, 11) is 0. The molecule has 0 atom stereocenters. The molecule has 0 bridgehead atoms. The molecule has 2 aromatic heterocycles. The Morgan fingerprint density at radius 3 is 2.43 bits per heavy atom. The average molecular weight is 315 g/mol. The molecule has 1 saturated heterocycles. The van der Waals surface area contributed by atoms with E-state index in [1.807, 2.05) is 34.6 Å². The summed E-state index contributed by atoms with van der Waals surface area (Å²) in [6.45, 7) is 10.2. The van der Waals surface area contributed by atoms with E-state index in [9.17, 15) is 4.79 Å². The lowest BCUT2D eigenvalue weighted by atomic mass is 9.77. The van der Waals surface area contributed by atoms with Crippen molar-refractivity contribution in [3.05, 3.63) is 29.7 Å². The molecular formula is C17H25N5O. The Morgan fingerprint density at radius 2 is 1.83 bits per heavy atom. The Hall–Kier alpha value is -1.95. The van der Waals surface area contributed by atoms with Crippen LogP contribution in [0.5, 0.6) is 0 Å². The fourth-order valence-electron chi connectivity index (χ4n) is 4.18. The molecule has 6 heteroatoms. The first-order valence-electron chi connectivity index (χ1n) is 8.03. The molecule has 0 unspecified atom stereocenters. The van der Waals surface area contributed by atoms with Gasteiger partial charge in [0.05, 0.1) is 0 Å². The quantitative estimate of drug-likeness (QED) is 0.875. The highest BCUT2D eigenvalue weighted by Gasteiger charge is 2.47. The lowest BCUT2D eigenvalue weighted by Crippen LogP contribution is -2.65. The zero-order valence-electron chi connectivity index (χ0n) is 14.5. The summed E-state index contributed by atoms with van der Waals surface area (Å²) >= 11 is 0. The number of likely N-dealkylation sites (tertiary alicyclic amines) is 1. The number of piperidine rings is 1. The lowest BCUT2D eigenvalue weighted by Gasteiger charge is -2.54. The first kappa shape index (κ1) is 15.9. The van der Waals surface area contributed by atoms with E-state index in [0.29, 0.717) is 11.2 Å². The second kappa shape index (κ2) is 5.03. The number of carbonyl (C=O) groups excluding carboxylic acids is 1. The Bertz CT molecular complexity index is 743. The van der Waals surface area contributed by atoms with Crippen LogP contribution in [-0.4, -0.2) is 42.5 Å². The fraction of sp³-hybridized carbons (Fsp3) is 0.588. The lowest BCUT2D eigenvalue weighted by molar-refractivity contribution is -0.0172. The summed E-state index contributed by atoms with van der Waals surface area (Å²) in [5.41, 5.74) is 6.97. The number of aryl methyl sites for hydroxylation is 1. The van der Waals surface area contributed by atoms with Crippen LogP contribution in [0.2, 0.25) is 0 Å². The van der Waals surface area contributed by atoms with Crippen LogP contribution in [0.15, 0.2) is 18.3 Å². The van der Waals surface area contributed by atoms with Crippen LogP contribution >= 0.6 is 0 Å². The van der Waals surface area contributed by atoms with Crippen molar-refractivity contribution in [2.24, 2.45) is 5.73 Å². The smallest absolute Gasteiger partial charge is 0.254 e. The van der Waals surface area contributed by atoms with Crippen LogP contribution in [0.1, 0.15) is 56.7 Å². The number of nitrogens with two attached hydrogens (primary N) is 1. The molecule has 2 N–H and O–H groups in total. The summed E-state index contributed by atoms with van der Waals surface area (Å²) < 4.78 is 1.87. The Labute approximate surface area is 136 Å². The van der Waals surface area contributed by atoms with E-state index in [2.05, 4.69) is 37.9 Å². The van der Waals surface area contributed by atoms with Crippen molar-refractivity contribution in [1.29, 1.82) is 0 Å². The van der Waals surface area contributed by atoms with Crippen molar-refractivity contribution < 1.29 is 4.79 Å². The van der Waals surface area contributed by atoms with Gasteiger partial charge in [0, 0.05) is 28.9 Å². The second-order valence-corrected chi connectivity index (χ2v) is 7.82. The first-order chi connectivity index (χ1) is 10.6. The van der Waals surface area contributed by atoms with Crippen molar-refractivity contribution in [3.8, 4) is 0 Å². The topological polar surface area (TPSA) is 76.5 Å². The molecule has 0 aromatic carbocycles. The summed E-state index contributed by atoms with van der Waals surface area (Å²) in [6, 6.07) is 3.76. The number of nitrogens with zero attached hydrogens (tertiary/aromatic N) is 4. The summed E-state index contributed by atoms with van der Waals surface area (Å²) in [5.74, 6) is 0.832. The highest BCUT2D eigenvalue weighted by atomic mass is 16.2. The van der Waals surface area contributed by atoms with Gasteiger partial charge in [0.1, 0.15) is 5.82 Å². The van der Waals surface area contributed by atoms with Crippen LogP contribution in [0.3, 0.4) is 0 Å². The minimum absolute atomic E-state index is 0.0232. The number of pyridine rings is 1. The van der Waals surface area contributed by atoms with Gasteiger partial charge in [-0.05, 0) is 59.6 Å². The van der Waals surface area contributed by atoms with Crippen molar-refractivity contribution in [1.82, 2.24) is 19.5 Å². The van der Waals surface area contributed by atoms with E-state index in [1.54, 1.807) is 0 Å². The average Bonchev–Trinajstić information content (AvgIpc) is 2.76. The predicted octanol–water partition coefficient (Wildman–Crippen LogP) is 2.16. The molecule has 3 heterocycles. The van der Waals surface area contributed by atoms with Gasteiger partial charge in [-0.3, -0.25) is 9.20 Å². The predicted molar refractivity (Wildman–Crippen MR) is 89.3 cm³/mol. The number of rotatable bonds is 1. The van der Waals surface area contributed by atoms with Gasteiger partial charge in [0.25, 0.3) is 5.91 Å². The van der Waals surface area contributed by atoms with Crippen molar-refractivity contribution in [2.45, 2.75) is 64.6 Å². The molecule has 0 saturated carbocycles. The normalized spacial score (nSPS) is 20.9. The van der Waals surface area contributed by atoms with Gasteiger partial charge in [-0.15, -0.1) is 10.2 Å². The van der Waals surface area contributed by atoms with Gasteiger partial charge in [0.2, 0.25) is 0 Å². The molecule has 3 rings (SSSR count). The fourth-order valence-corrected chi connectivity index (χ4v) is 4.18. The van der Waals surface area contributed by atoms with Crippen LogP contribution in [0, 0.1) is 6.92 Å². The Morgan fingerprint density at radius 1 is 1.22 bits per heavy atom. The number of hydrogen-bond donors (Lipinski definition) is 1. The minimum atomic E-state index is -0.284. The van der Waals surface area contributed by atoms with Crippen LogP contribution in [-0.2, 0) is 0 Å². The maximum Gasteiger partial charge on any atom is 0.254 e. The van der Waals surface area contributed by atoms with Gasteiger partial charge >= 0.3 is 0 Å². The third-order valence-electron chi connectivity index (χ3n) is 4.76.